The summed E-state index contributed by atoms with van der Waals surface area (Å²) in [4.78, 5) is 16.6. The number of aromatic nitrogens is 3. The van der Waals surface area contributed by atoms with E-state index in [2.05, 4.69) is 10.1 Å². The maximum atomic E-state index is 13.3. The first-order chi connectivity index (χ1) is 12.6. The zero-order valence-electron chi connectivity index (χ0n) is 14.9. The molecule has 0 amide bonds. The summed E-state index contributed by atoms with van der Waals surface area (Å²) in [6.45, 7) is 3.90. The van der Waals surface area contributed by atoms with Crippen LogP contribution >= 0.6 is 0 Å². The van der Waals surface area contributed by atoms with Crippen LogP contribution in [0.1, 0.15) is 11.4 Å². The van der Waals surface area contributed by atoms with Crippen molar-refractivity contribution in [1.29, 1.82) is 0 Å². The number of H-pyrrole nitrogens is 1. The van der Waals surface area contributed by atoms with Crippen LogP contribution in [0.5, 0.6) is 5.75 Å². The molecule has 130 valence electrons. The number of aryl methyl sites for hydroxylation is 2. The van der Waals surface area contributed by atoms with Gasteiger partial charge in [-0.05, 0) is 55.8 Å². The summed E-state index contributed by atoms with van der Waals surface area (Å²) in [5, 5.41) is 6.07. The second kappa shape index (κ2) is 6.19. The highest BCUT2D eigenvalue weighted by molar-refractivity contribution is 5.98. The molecule has 4 aromatic rings. The van der Waals surface area contributed by atoms with Gasteiger partial charge in [0.2, 0.25) is 0 Å². The summed E-state index contributed by atoms with van der Waals surface area (Å²) in [6.07, 6.45) is 0. The number of para-hydroxylation sites is 1. The molecule has 0 aliphatic carbocycles. The number of aromatic amines is 1. The van der Waals surface area contributed by atoms with E-state index in [9.17, 15) is 4.79 Å². The van der Waals surface area contributed by atoms with Crippen molar-refractivity contribution >= 4 is 10.8 Å². The Bertz CT molecular complexity index is 1140. The van der Waals surface area contributed by atoms with Crippen molar-refractivity contribution in [3.63, 3.8) is 0 Å². The van der Waals surface area contributed by atoms with E-state index in [0.29, 0.717) is 5.39 Å². The summed E-state index contributed by atoms with van der Waals surface area (Å²) in [6, 6.07) is 17.2. The first-order valence-electron chi connectivity index (χ1n) is 8.42. The van der Waals surface area contributed by atoms with Gasteiger partial charge >= 0.3 is 0 Å². The average molecular weight is 345 g/mol. The fourth-order valence-corrected chi connectivity index (χ4v) is 3.36. The van der Waals surface area contributed by atoms with Crippen molar-refractivity contribution in [3.8, 4) is 22.7 Å². The minimum absolute atomic E-state index is 0.132. The second-order valence-electron chi connectivity index (χ2n) is 6.24. The van der Waals surface area contributed by atoms with Crippen LogP contribution in [0.2, 0.25) is 0 Å². The molecule has 0 atom stereocenters. The molecule has 0 aliphatic rings. The van der Waals surface area contributed by atoms with Crippen LogP contribution in [0, 0.1) is 13.8 Å². The number of methoxy groups -OCH3 is 1. The number of ether oxygens (including phenoxy) is 1. The van der Waals surface area contributed by atoms with Crippen molar-refractivity contribution in [2.45, 2.75) is 13.8 Å². The van der Waals surface area contributed by atoms with Gasteiger partial charge in [0, 0.05) is 11.1 Å². The van der Waals surface area contributed by atoms with E-state index in [1.807, 2.05) is 68.4 Å². The highest BCUT2D eigenvalue weighted by Gasteiger charge is 2.18. The first kappa shape index (κ1) is 16.1. The first-order valence-corrected chi connectivity index (χ1v) is 8.42. The van der Waals surface area contributed by atoms with Gasteiger partial charge in [0.25, 0.3) is 5.56 Å². The van der Waals surface area contributed by atoms with Gasteiger partial charge < -0.3 is 9.72 Å². The molecule has 0 unspecified atom stereocenters. The standard InChI is InChI=1S/C21H19N3O2/c1-13-18-14(2)23-24(16-7-5-4-6-8-16)21(25)19(18)20(22-13)15-9-11-17(26-3)12-10-15/h4-12,22H,1-3H3. The Kier molecular flexibility index (Phi) is 3.84. The Balaban J connectivity index is 2.03. The number of hydrogen-bond acceptors (Lipinski definition) is 3. The van der Waals surface area contributed by atoms with E-state index in [1.165, 1.54) is 4.68 Å². The van der Waals surface area contributed by atoms with Crippen molar-refractivity contribution in [2.75, 3.05) is 7.11 Å². The number of nitrogens with one attached hydrogen (secondary N) is 1. The van der Waals surface area contributed by atoms with Crippen molar-refractivity contribution in [3.05, 3.63) is 76.3 Å². The van der Waals surface area contributed by atoms with Gasteiger partial charge in [-0.3, -0.25) is 4.79 Å². The normalized spacial score (nSPS) is 11.0. The zero-order valence-corrected chi connectivity index (χ0v) is 14.9. The van der Waals surface area contributed by atoms with Gasteiger partial charge in [0.05, 0.1) is 29.6 Å². The summed E-state index contributed by atoms with van der Waals surface area (Å²) < 4.78 is 6.70. The Labute approximate surface area is 150 Å². The minimum Gasteiger partial charge on any atom is -0.497 e. The summed E-state index contributed by atoms with van der Waals surface area (Å²) >= 11 is 0. The molecular formula is C21H19N3O2. The third-order valence-electron chi connectivity index (χ3n) is 4.58. The van der Waals surface area contributed by atoms with E-state index < -0.39 is 0 Å². The predicted molar refractivity (Wildman–Crippen MR) is 103 cm³/mol. The third-order valence-corrected chi connectivity index (χ3v) is 4.58. The molecule has 5 nitrogen and oxygen atoms in total. The lowest BCUT2D eigenvalue weighted by atomic mass is 10.1. The molecule has 2 aromatic carbocycles. The van der Waals surface area contributed by atoms with Gasteiger partial charge in [0.1, 0.15) is 5.75 Å². The van der Waals surface area contributed by atoms with Crippen molar-refractivity contribution in [1.82, 2.24) is 14.8 Å². The third kappa shape index (κ3) is 2.49. The molecule has 1 N–H and O–H groups in total. The predicted octanol–water partition coefficient (Wildman–Crippen LogP) is 4.01. The molecule has 0 bridgehead atoms. The van der Waals surface area contributed by atoms with Gasteiger partial charge in [-0.25, -0.2) is 0 Å². The van der Waals surface area contributed by atoms with Gasteiger partial charge in [-0.1, -0.05) is 18.2 Å². The quantitative estimate of drug-likeness (QED) is 0.610. The van der Waals surface area contributed by atoms with Crippen LogP contribution in [0.3, 0.4) is 0 Å². The van der Waals surface area contributed by atoms with Crippen LogP contribution in [-0.4, -0.2) is 21.9 Å². The lowest BCUT2D eigenvalue weighted by molar-refractivity contribution is 0.415. The largest absolute Gasteiger partial charge is 0.497 e. The molecule has 2 heterocycles. The molecular weight excluding hydrogens is 326 g/mol. The van der Waals surface area contributed by atoms with E-state index in [-0.39, 0.29) is 5.56 Å². The topological polar surface area (TPSA) is 59.9 Å². The number of rotatable bonds is 3. The molecule has 0 radical (unpaired) electrons. The fraction of sp³-hybridized carbons (Fsp3) is 0.143. The summed E-state index contributed by atoms with van der Waals surface area (Å²) in [5.74, 6) is 0.779. The van der Waals surface area contributed by atoms with Gasteiger partial charge in [-0.15, -0.1) is 0 Å². The zero-order chi connectivity index (χ0) is 18.3. The number of fused-ring (bicyclic) bond motifs is 1. The summed E-state index contributed by atoms with van der Waals surface area (Å²) in [5.41, 5.74) is 4.12. The van der Waals surface area contributed by atoms with Crippen LogP contribution in [0.25, 0.3) is 27.7 Å². The minimum atomic E-state index is -0.132. The second-order valence-corrected chi connectivity index (χ2v) is 6.24. The summed E-state index contributed by atoms with van der Waals surface area (Å²) in [7, 11) is 1.64. The maximum Gasteiger partial charge on any atom is 0.281 e. The van der Waals surface area contributed by atoms with E-state index in [1.54, 1.807) is 7.11 Å². The average Bonchev–Trinajstić information content (AvgIpc) is 3.03. The molecule has 26 heavy (non-hydrogen) atoms. The smallest absolute Gasteiger partial charge is 0.281 e. The van der Waals surface area contributed by atoms with Crippen LogP contribution < -0.4 is 10.3 Å². The Morgan fingerprint density at radius 3 is 2.31 bits per heavy atom. The molecule has 4 rings (SSSR count). The molecule has 0 spiro atoms. The van der Waals surface area contributed by atoms with Crippen molar-refractivity contribution in [2.24, 2.45) is 0 Å². The number of hydrogen-bond donors (Lipinski definition) is 1. The van der Waals surface area contributed by atoms with Crippen LogP contribution in [0.4, 0.5) is 0 Å². The van der Waals surface area contributed by atoms with E-state index >= 15 is 0 Å². The monoisotopic (exact) mass is 345 g/mol. The van der Waals surface area contributed by atoms with Gasteiger partial charge in [0.15, 0.2) is 0 Å². The van der Waals surface area contributed by atoms with E-state index in [0.717, 1.165) is 39.5 Å². The highest BCUT2D eigenvalue weighted by atomic mass is 16.5. The number of benzene rings is 2. The Morgan fingerprint density at radius 2 is 1.65 bits per heavy atom. The Hall–Kier alpha value is -3.34. The molecule has 0 aliphatic heterocycles. The maximum absolute atomic E-state index is 13.3. The lowest BCUT2D eigenvalue weighted by Crippen LogP contribution is -2.22. The lowest BCUT2D eigenvalue weighted by Gasteiger charge is -2.08. The van der Waals surface area contributed by atoms with Crippen LogP contribution in [0.15, 0.2) is 59.4 Å². The SMILES string of the molecule is COc1ccc(-c2[nH]c(C)c3c(C)nn(-c4ccccc4)c(=O)c23)cc1. The molecule has 2 aromatic heterocycles. The van der Waals surface area contributed by atoms with Gasteiger partial charge in [-0.2, -0.15) is 9.78 Å². The Morgan fingerprint density at radius 1 is 0.962 bits per heavy atom. The molecule has 5 heteroatoms. The molecule has 0 saturated carbocycles. The highest BCUT2D eigenvalue weighted by Crippen LogP contribution is 2.30. The van der Waals surface area contributed by atoms with Crippen LogP contribution in [-0.2, 0) is 0 Å². The molecule has 0 fully saturated rings. The molecule has 0 saturated heterocycles. The number of nitrogens with zero attached hydrogens (tertiary/aromatic N) is 2. The van der Waals surface area contributed by atoms with E-state index in [4.69, 9.17) is 4.74 Å². The fourth-order valence-electron chi connectivity index (χ4n) is 3.36. The van der Waals surface area contributed by atoms with Crippen molar-refractivity contribution < 1.29 is 4.74 Å².